The van der Waals surface area contributed by atoms with Crippen molar-refractivity contribution < 1.29 is 27.5 Å². The first-order chi connectivity index (χ1) is 13.4. The SMILES string of the molecule is CN(Cc1ccc(C(=O)Nc2ccccc2)cc1C(F)(F)F)C(=O)OC(C)(C)C. The number of halogens is 3. The summed E-state index contributed by atoms with van der Waals surface area (Å²) < 4.78 is 45.9. The van der Waals surface area contributed by atoms with Crippen LogP contribution in [0.3, 0.4) is 0 Å². The zero-order chi connectivity index (χ0) is 21.8. The molecule has 156 valence electrons. The number of amides is 2. The van der Waals surface area contributed by atoms with Crippen molar-refractivity contribution in [2.75, 3.05) is 12.4 Å². The van der Waals surface area contributed by atoms with Crippen LogP contribution in [0, 0.1) is 0 Å². The van der Waals surface area contributed by atoms with Gasteiger partial charge >= 0.3 is 12.3 Å². The van der Waals surface area contributed by atoms with Crippen LogP contribution in [-0.4, -0.2) is 29.5 Å². The molecule has 0 spiro atoms. The van der Waals surface area contributed by atoms with E-state index in [9.17, 15) is 22.8 Å². The van der Waals surface area contributed by atoms with Gasteiger partial charge in [0, 0.05) is 24.8 Å². The maximum Gasteiger partial charge on any atom is 0.416 e. The Bertz CT molecular complexity index is 875. The van der Waals surface area contributed by atoms with Crippen LogP contribution in [0.15, 0.2) is 48.5 Å². The van der Waals surface area contributed by atoms with E-state index >= 15 is 0 Å². The van der Waals surface area contributed by atoms with Crippen LogP contribution < -0.4 is 5.32 Å². The Morgan fingerprint density at radius 2 is 1.66 bits per heavy atom. The number of para-hydroxylation sites is 1. The Kier molecular flexibility index (Phi) is 6.56. The number of ether oxygens (including phenoxy) is 1. The number of nitrogens with one attached hydrogen (secondary N) is 1. The van der Waals surface area contributed by atoms with Crippen LogP contribution in [0.2, 0.25) is 0 Å². The minimum atomic E-state index is -4.69. The van der Waals surface area contributed by atoms with Gasteiger partial charge in [-0.05, 0) is 50.6 Å². The highest BCUT2D eigenvalue weighted by Crippen LogP contribution is 2.33. The lowest BCUT2D eigenvalue weighted by Gasteiger charge is -2.25. The number of hydrogen-bond acceptors (Lipinski definition) is 3. The lowest BCUT2D eigenvalue weighted by Crippen LogP contribution is -2.34. The summed E-state index contributed by atoms with van der Waals surface area (Å²) in [6.07, 6.45) is -5.43. The van der Waals surface area contributed by atoms with Gasteiger partial charge in [-0.15, -0.1) is 0 Å². The normalized spacial score (nSPS) is 11.7. The Morgan fingerprint density at radius 3 is 2.21 bits per heavy atom. The fourth-order valence-electron chi connectivity index (χ4n) is 2.50. The van der Waals surface area contributed by atoms with Crippen molar-refractivity contribution in [3.05, 3.63) is 65.2 Å². The number of rotatable bonds is 4. The second kappa shape index (κ2) is 8.55. The molecular formula is C21H23F3N2O3. The summed E-state index contributed by atoms with van der Waals surface area (Å²) in [7, 11) is 1.35. The topological polar surface area (TPSA) is 58.6 Å². The average Bonchev–Trinajstić information content (AvgIpc) is 2.60. The van der Waals surface area contributed by atoms with E-state index in [2.05, 4.69) is 5.32 Å². The van der Waals surface area contributed by atoms with Crippen molar-refractivity contribution in [3.63, 3.8) is 0 Å². The highest BCUT2D eigenvalue weighted by Gasteiger charge is 2.35. The van der Waals surface area contributed by atoms with Gasteiger partial charge in [0.2, 0.25) is 0 Å². The Morgan fingerprint density at radius 1 is 1.03 bits per heavy atom. The molecule has 0 unspecified atom stereocenters. The second-order valence-corrected chi connectivity index (χ2v) is 7.53. The minimum absolute atomic E-state index is 0.134. The summed E-state index contributed by atoms with van der Waals surface area (Å²) in [6, 6.07) is 11.7. The van der Waals surface area contributed by atoms with Gasteiger partial charge in [0.05, 0.1) is 5.56 Å². The molecule has 0 aliphatic heterocycles. The monoisotopic (exact) mass is 408 g/mol. The van der Waals surface area contributed by atoms with Gasteiger partial charge in [0.1, 0.15) is 5.60 Å². The zero-order valence-corrected chi connectivity index (χ0v) is 16.6. The molecule has 0 saturated heterocycles. The van der Waals surface area contributed by atoms with E-state index in [1.807, 2.05) is 0 Å². The molecule has 0 atom stereocenters. The minimum Gasteiger partial charge on any atom is -0.444 e. The van der Waals surface area contributed by atoms with Crippen molar-refractivity contribution >= 4 is 17.7 Å². The van der Waals surface area contributed by atoms with Gasteiger partial charge in [0.15, 0.2) is 0 Å². The van der Waals surface area contributed by atoms with Gasteiger partial charge in [-0.25, -0.2) is 4.79 Å². The number of carbonyl (C=O) groups excluding carboxylic acids is 2. The molecule has 0 fully saturated rings. The molecule has 8 heteroatoms. The number of anilines is 1. The number of alkyl halides is 3. The fourth-order valence-corrected chi connectivity index (χ4v) is 2.50. The second-order valence-electron chi connectivity index (χ2n) is 7.53. The summed E-state index contributed by atoms with van der Waals surface area (Å²) in [5, 5.41) is 2.55. The van der Waals surface area contributed by atoms with Crippen LogP contribution in [0.1, 0.15) is 42.3 Å². The molecule has 2 amide bonds. The summed E-state index contributed by atoms with van der Waals surface area (Å²) in [6.45, 7) is 4.68. The number of nitrogens with zero attached hydrogens (tertiary/aromatic N) is 1. The fraction of sp³-hybridized carbons (Fsp3) is 0.333. The quantitative estimate of drug-likeness (QED) is 0.744. The van der Waals surface area contributed by atoms with Gasteiger partial charge in [0.25, 0.3) is 5.91 Å². The molecule has 0 radical (unpaired) electrons. The van der Waals surface area contributed by atoms with Crippen molar-refractivity contribution in [1.29, 1.82) is 0 Å². The van der Waals surface area contributed by atoms with E-state index in [-0.39, 0.29) is 17.7 Å². The van der Waals surface area contributed by atoms with Crippen LogP contribution in [0.4, 0.5) is 23.7 Å². The lowest BCUT2D eigenvalue weighted by atomic mass is 10.0. The van der Waals surface area contributed by atoms with Crippen LogP contribution in [0.25, 0.3) is 0 Å². The maximum absolute atomic E-state index is 13.6. The Hall–Kier alpha value is -3.03. The highest BCUT2D eigenvalue weighted by atomic mass is 19.4. The molecule has 1 N–H and O–H groups in total. The maximum atomic E-state index is 13.6. The predicted molar refractivity (Wildman–Crippen MR) is 104 cm³/mol. The van der Waals surface area contributed by atoms with Crippen molar-refractivity contribution in [2.45, 2.75) is 39.1 Å². The molecule has 0 aliphatic carbocycles. The summed E-state index contributed by atoms with van der Waals surface area (Å²) in [5.74, 6) is -0.659. The lowest BCUT2D eigenvalue weighted by molar-refractivity contribution is -0.138. The van der Waals surface area contributed by atoms with Crippen molar-refractivity contribution in [1.82, 2.24) is 4.90 Å². The largest absolute Gasteiger partial charge is 0.444 e. The molecular weight excluding hydrogens is 385 g/mol. The third-order valence-corrected chi connectivity index (χ3v) is 3.82. The third-order valence-electron chi connectivity index (χ3n) is 3.82. The first-order valence-corrected chi connectivity index (χ1v) is 8.87. The van der Waals surface area contributed by atoms with Crippen LogP contribution >= 0.6 is 0 Å². The molecule has 2 rings (SSSR count). The molecule has 5 nitrogen and oxygen atoms in total. The summed E-state index contributed by atoms with van der Waals surface area (Å²) in [4.78, 5) is 25.4. The summed E-state index contributed by atoms with van der Waals surface area (Å²) in [5.41, 5.74) is -1.54. The Balaban J connectivity index is 2.25. The number of carbonyl (C=O) groups is 2. The van der Waals surface area contributed by atoms with Gasteiger partial charge in [-0.3, -0.25) is 4.79 Å². The Labute approximate surface area is 167 Å². The molecule has 0 saturated carbocycles. The number of benzene rings is 2. The first kappa shape index (κ1) is 22.3. The van der Waals surface area contributed by atoms with Crippen LogP contribution in [0.5, 0.6) is 0 Å². The molecule has 0 bridgehead atoms. The molecule has 2 aromatic carbocycles. The predicted octanol–water partition coefficient (Wildman–Crippen LogP) is 5.32. The molecule has 0 heterocycles. The third kappa shape index (κ3) is 6.51. The van der Waals surface area contributed by atoms with E-state index in [0.717, 1.165) is 11.0 Å². The van der Waals surface area contributed by atoms with E-state index in [0.29, 0.717) is 5.69 Å². The van der Waals surface area contributed by atoms with E-state index in [1.54, 1.807) is 51.1 Å². The van der Waals surface area contributed by atoms with Gasteiger partial charge < -0.3 is 15.0 Å². The molecule has 2 aromatic rings. The van der Waals surface area contributed by atoms with Crippen molar-refractivity contribution in [3.8, 4) is 0 Å². The van der Waals surface area contributed by atoms with E-state index in [4.69, 9.17) is 4.74 Å². The van der Waals surface area contributed by atoms with Gasteiger partial charge in [-0.1, -0.05) is 24.3 Å². The molecule has 0 aliphatic rings. The van der Waals surface area contributed by atoms with Crippen LogP contribution in [-0.2, 0) is 17.5 Å². The first-order valence-electron chi connectivity index (χ1n) is 8.87. The highest BCUT2D eigenvalue weighted by molar-refractivity contribution is 6.04. The average molecular weight is 408 g/mol. The zero-order valence-electron chi connectivity index (χ0n) is 16.6. The molecule has 0 aromatic heterocycles. The smallest absolute Gasteiger partial charge is 0.416 e. The van der Waals surface area contributed by atoms with Gasteiger partial charge in [-0.2, -0.15) is 13.2 Å². The molecule has 29 heavy (non-hydrogen) atoms. The van der Waals surface area contributed by atoms with E-state index in [1.165, 1.54) is 19.2 Å². The number of hydrogen-bond donors (Lipinski definition) is 1. The standard InChI is InChI=1S/C21H23F3N2O3/c1-20(2,3)29-19(28)26(4)13-15-11-10-14(12-17(15)21(22,23)24)18(27)25-16-8-6-5-7-9-16/h5-12H,13H2,1-4H3,(H,25,27). The summed E-state index contributed by atoms with van der Waals surface area (Å²) >= 11 is 0. The van der Waals surface area contributed by atoms with Crippen molar-refractivity contribution in [2.24, 2.45) is 0 Å². The van der Waals surface area contributed by atoms with E-state index < -0.39 is 29.3 Å².